The maximum atomic E-state index is 13.3. The molecule has 1 amide bonds. The Morgan fingerprint density at radius 1 is 1.39 bits per heavy atom. The lowest BCUT2D eigenvalue weighted by Crippen LogP contribution is -2.14. The van der Waals surface area contributed by atoms with Crippen LogP contribution in [0.15, 0.2) is 41.1 Å². The zero-order valence-corrected chi connectivity index (χ0v) is 10.6. The number of rotatable bonds is 2. The second kappa shape index (κ2) is 5.14. The summed E-state index contributed by atoms with van der Waals surface area (Å²) in [6, 6.07) is 5.83. The Kier molecular flexibility index (Phi) is 3.57. The molecule has 0 radical (unpaired) electrons. The molecule has 0 spiro atoms. The third kappa shape index (κ3) is 2.65. The van der Waals surface area contributed by atoms with E-state index in [2.05, 4.69) is 26.2 Å². The number of pyridine rings is 1. The number of carbonyl (C=O) groups excluding carboxylic acids is 1. The van der Waals surface area contributed by atoms with Crippen LogP contribution in [-0.2, 0) is 0 Å². The normalized spacial score (nSPS) is 10.1. The monoisotopic (exact) mass is 310 g/mol. The molecule has 2 N–H and O–H groups in total. The number of nitrogens with zero attached hydrogens (tertiary/aromatic N) is 1. The number of halogens is 2. The number of benzene rings is 1. The number of aromatic hydroxyl groups is 1. The molecule has 0 aliphatic heterocycles. The van der Waals surface area contributed by atoms with Crippen LogP contribution in [0.1, 0.15) is 10.4 Å². The second-order valence-corrected chi connectivity index (χ2v) is 4.39. The first-order chi connectivity index (χ1) is 8.58. The van der Waals surface area contributed by atoms with Crippen LogP contribution in [0.5, 0.6) is 5.75 Å². The minimum atomic E-state index is -0.718. The molecule has 1 aromatic carbocycles. The molecule has 92 valence electrons. The summed E-state index contributed by atoms with van der Waals surface area (Å²) < 4.78 is 14.0. The van der Waals surface area contributed by atoms with Gasteiger partial charge in [0, 0.05) is 10.7 Å². The molecule has 18 heavy (non-hydrogen) atoms. The number of hydrogen-bond acceptors (Lipinski definition) is 3. The minimum Gasteiger partial charge on any atom is -0.506 e. The van der Waals surface area contributed by atoms with E-state index in [0.29, 0.717) is 4.47 Å². The van der Waals surface area contributed by atoms with Gasteiger partial charge >= 0.3 is 0 Å². The molecule has 0 saturated heterocycles. The SMILES string of the molecule is O=C(Nc1cc(Br)ccc1O)c1ccncc1F. The highest BCUT2D eigenvalue weighted by Gasteiger charge is 2.13. The van der Waals surface area contributed by atoms with Crippen molar-refractivity contribution in [3.05, 3.63) is 52.5 Å². The van der Waals surface area contributed by atoms with Gasteiger partial charge in [-0.05, 0) is 24.3 Å². The highest BCUT2D eigenvalue weighted by molar-refractivity contribution is 9.10. The molecule has 0 saturated carbocycles. The number of nitrogens with one attached hydrogen (secondary N) is 1. The van der Waals surface area contributed by atoms with Crippen molar-refractivity contribution < 1.29 is 14.3 Å². The number of anilines is 1. The fourth-order valence-electron chi connectivity index (χ4n) is 1.36. The Morgan fingerprint density at radius 3 is 2.89 bits per heavy atom. The van der Waals surface area contributed by atoms with E-state index in [1.165, 1.54) is 24.4 Å². The van der Waals surface area contributed by atoms with Gasteiger partial charge in [0.1, 0.15) is 5.75 Å². The summed E-state index contributed by atoms with van der Waals surface area (Å²) in [7, 11) is 0. The molecule has 6 heteroatoms. The van der Waals surface area contributed by atoms with Gasteiger partial charge < -0.3 is 10.4 Å². The lowest BCUT2D eigenvalue weighted by atomic mass is 10.2. The van der Waals surface area contributed by atoms with E-state index in [9.17, 15) is 14.3 Å². The number of phenolic OH excluding ortho intramolecular Hbond substituents is 1. The van der Waals surface area contributed by atoms with Gasteiger partial charge in [0.2, 0.25) is 0 Å². The van der Waals surface area contributed by atoms with Crippen LogP contribution in [0.3, 0.4) is 0 Å². The van der Waals surface area contributed by atoms with Crippen molar-refractivity contribution in [1.29, 1.82) is 0 Å². The lowest BCUT2D eigenvalue weighted by Gasteiger charge is -2.08. The molecule has 1 aromatic heterocycles. The van der Waals surface area contributed by atoms with Crippen LogP contribution in [0.25, 0.3) is 0 Å². The first-order valence-electron chi connectivity index (χ1n) is 4.97. The van der Waals surface area contributed by atoms with Gasteiger partial charge in [-0.1, -0.05) is 15.9 Å². The summed E-state index contributed by atoms with van der Waals surface area (Å²) >= 11 is 3.21. The molecule has 2 aromatic rings. The molecule has 0 unspecified atom stereocenters. The molecule has 0 aliphatic rings. The molecular weight excluding hydrogens is 303 g/mol. The van der Waals surface area contributed by atoms with E-state index in [-0.39, 0.29) is 17.0 Å². The van der Waals surface area contributed by atoms with Gasteiger partial charge in [-0.15, -0.1) is 0 Å². The van der Waals surface area contributed by atoms with Crippen molar-refractivity contribution in [2.24, 2.45) is 0 Å². The summed E-state index contributed by atoms with van der Waals surface area (Å²) in [6.45, 7) is 0. The zero-order valence-electron chi connectivity index (χ0n) is 9.02. The van der Waals surface area contributed by atoms with Gasteiger partial charge in [0.25, 0.3) is 5.91 Å². The van der Waals surface area contributed by atoms with Crippen LogP contribution in [0, 0.1) is 5.82 Å². The Morgan fingerprint density at radius 2 is 2.17 bits per heavy atom. The number of carbonyl (C=O) groups is 1. The number of hydrogen-bond donors (Lipinski definition) is 2. The van der Waals surface area contributed by atoms with E-state index in [1.54, 1.807) is 6.07 Å². The molecule has 4 nitrogen and oxygen atoms in total. The first kappa shape index (κ1) is 12.5. The van der Waals surface area contributed by atoms with E-state index in [1.807, 2.05) is 0 Å². The van der Waals surface area contributed by atoms with Crippen LogP contribution in [0.2, 0.25) is 0 Å². The second-order valence-electron chi connectivity index (χ2n) is 3.47. The maximum absolute atomic E-state index is 13.3. The summed E-state index contributed by atoms with van der Waals surface area (Å²) in [5.74, 6) is -1.46. The van der Waals surface area contributed by atoms with E-state index >= 15 is 0 Å². The van der Waals surface area contributed by atoms with Crippen LogP contribution >= 0.6 is 15.9 Å². The maximum Gasteiger partial charge on any atom is 0.258 e. The third-order valence-electron chi connectivity index (χ3n) is 2.22. The quantitative estimate of drug-likeness (QED) is 0.838. The first-order valence-corrected chi connectivity index (χ1v) is 5.76. The number of amides is 1. The van der Waals surface area contributed by atoms with Crippen LogP contribution < -0.4 is 5.32 Å². The van der Waals surface area contributed by atoms with Crippen LogP contribution in [-0.4, -0.2) is 16.0 Å². The van der Waals surface area contributed by atoms with Gasteiger partial charge in [-0.2, -0.15) is 0 Å². The fraction of sp³-hybridized carbons (Fsp3) is 0. The minimum absolute atomic E-state index is 0.0963. The van der Waals surface area contributed by atoms with Crippen molar-refractivity contribution >= 4 is 27.5 Å². The number of phenols is 1. The average Bonchev–Trinajstić information content (AvgIpc) is 2.34. The molecule has 0 atom stereocenters. The van der Waals surface area contributed by atoms with E-state index < -0.39 is 11.7 Å². The summed E-state index contributed by atoms with van der Waals surface area (Å²) in [5, 5.41) is 12.0. The Bertz CT molecular complexity index is 604. The summed E-state index contributed by atoms with van der Waals surface area (Å²) in [4.78, 5) is 15.3. The summed E-state index contributed by atoms with van der Waals surface area (Å²) in [6.07, 6.45) is 2.27. The predicted molar refractivity (Wildman–Crippen MR) is 68.0 cm³/mol. The number of aromatic nitrogens is 1. The standard InChI is InChI=1S/C12H8BrFN2O2/c13-7-1-2-11(17)10(5-7)16-12(18)8-3-4-15-6-9(8)14/h1-6,17H,(H,16,18). The third-order valence-corrected chi connectivity index (χ3v) is 2.72. The van der Waals surface area contributed by atoms with E-state index in [4.69, 9.17) is 0 Å². The molecule has 2 rings (SSSR count). The lowest BCUT2D eigenvalue weighted by molar-refractivity contribution is 0.102. The largest absolute Gasteiger partial charge is 0.506 e. The van der Waals surface area contributed by atoms with E-state index in [0.717, 1.165) is 6.20 Å². The Balaban J connectivity index is 2.27. The molecule has 0 aliphatic carbocycles. The molecule has 1 heterocycles. The van der Waals surface area contributed by atoms with Gasteiger partial charge in [0.15, 0.2) is 5.82 Å². The fourth-order valence-corrected chi connectivity index (χ4v) is 1.72. The van der Waals surface area contributed by atoms with Crippen molar-refractivity contribution in [3.8, 4) is 5.75 Å². The van der Waals surface area contributed by atoms with Crippen LogP contribution in [0.4, 0.5) is 10.1 Å². The predicted octanol–water partition coefficient (Wildman–Crippen LogP) is 2.94. The highest BCUT2D eigenvalue weighted by atomic mass is 79.9. The average molecular weight is 311 g/mol. The smallest absolute Gasteiger partial charge is 0.258 e. The van der Waals surface area contributed by atoms with Gasteiger partial charge in [0.05, 0.1) is 17.4 Å². The van der Waals surface area contributed by atoms with Crippen molar-refractivity contribution in [2.75, 3.05) is 5.32 Å². The van der Waals surface area contributed by atoms with Crippen molar-refractivity contribution in [1.82, 2.24) is 4.98 Å². The van der Waals surface area contributed by atoms with Gasteiger partial charge in [-0.3, -0.25) is 9.78 Å². The zero-order chi connectivity index (χ0) is 13.1. The molecule has 0 bridgehead atoms. The molecule has 0 fully saturated rings. The Hall–Kier alpha value is -1.95. The van der Waals surface area contributed by atoms with Crippen molar-refractivity contribution in [2.45, 2.75) is 0 Å². The summed E-state index contributed by atoms with van der Waals surface area (Å²) in [5.41, 5.74) is 0.0648. The highest BCUT2D eigenvalue weighted by Crippen LogP contribution is 2.27. The Labute approximate surface area is 111 Å². The topological polar surface area (TPSA) is 62.2 Å². The van der Waals surface area contributed by atoms with Gasteiger partial charge in [-0.25, -0.2) is 4.39 Å². The van der Waals surface area contributed by atoms with Crippen molar-refractivity contribution in [3.63, 3.8) is 0 Å². The molecular formula is C12H8BrFN2O2.